The van der Waals surface area contributed by atoms with Crippen molar-refractivity contribution in [2.24, 2.45) is 5.92 Å². The number of oxazole rings is 1. The lowest BCUT2D eigenvalue weighted by molar-refractivity contribution is 0.205. The van der Waals surface area contributed by atoms with E-state index in [4.69, 9.17) is 4.42 Å². The molecule has 4 heteroatoms. The second-order valence-electron chi connectivity index (χ2n) is 4.98. The molecule has 0 radical (unpaired) electrons. The van der Waals surface area contributed by atoms with Crippen molar-refractivity contribution in [2.75, 3.05) is 26.7 Å². The van der Waals surface area contributed by atoms with E-state index in [1.807, 2.05) is 6.20 Å². The molecule has 0 saturated carbocycles. The Labute approximate surface area is 103 Å². The zero-order valence-corrected chi connectivity index (χ0v) is 10.9. The van der Waals surface area contributed by atoms with Gasteiger partial charge >= 0.3 is 0 Å². The first-order chi connectivity index (χ1) is 8.28. The molecule has 1 aromatic rings. The van der Waals surface area contributed by atoms with Gasteiger partial charge in [-0.1, -0.05) is 6.92 Å². The van der Waals surface area contributed by atoms with E-state index in [-0.39, 0.29) is 0 Å². The highest BCUT2D eigenvalue weighted by atomic mass is 16.4. The minimum Gasteiger partial charge on any atom is -0.444 e. The molecule has 0 spiro atoms. The van der Waals surface area contributed by atoms with Gasteiger partial charge in [0, 0.05) is 13.0 Å². The van der Waals surface area contributed by atoms with E-state index < -0.39 is 0 Å². The molecule has 0 bridgehead atoms. The first-order valence-electron chi connectivity index (χ1n) is 6.60. The predicted molar refractivity (Wildman–Crippen MR) is 67.8 cm³/mol. The summed E-state index contributed by atoms with van der Waals surface area (Å²) in [7, 11) is 2.20. The van der Waals surface area contributed by atoms with Crippen molar-refractivity contribution in [3.05, 3.63) is 17.8 Å². The monoisotopic (exact) mass is 237 g/mol. The van der Waals surface area contributed by atoms with E-state index in [0.717, 1.165) is 37.1 Å². The fourth-order valence-electron chi connectivity index (χ4n) is 2.42. The summed E-state index contributed by atoms with van der Waals surface area (Å²) in [5.74, 6) is 2.56. The van der Waals surface area contributed by atoms with Crippen molar-refractivity contribution in [2.45, 2.75) is 32.7 Å². The fraction of sp³-hybridized carbons (Fsp3) is 0.769. The average Bonchev–Trinajstić information content (AvgIpc) is 2.77. The standard InChI is InChI=1S/C13H23N3O/c1-3-12-8-15-13(17-12)9-14-7-11-5-4-6-16(2)10-11/h8,11,14H,3-7,9-10H2,1-2H3. The number of aryl methyl sites for hydroxylation is 1. The number of piperidine rings is 1. The van der Waals surface area contributed by atoms with Gasteiger partial charge in [-0.15, -0.1) is 0 Å². The second-order valence-corrected chi connectivity index (χ2v) is 4.98. The minimum atomic E-state index is 0.750. The molecule has 1 N–H and O–H groups in total. The topological polar surface area (TPSA) is 41.3 Å². The molecule has 1 unspecified atom stereocenters. The van der Waals surface area contributed by atoms with Gasteiger partial charge in [0.1, 0.15) is 5.76 Å². The maximum Gasteiger partial charge on any atom is 0.208 e. The lowest BCUT2D eigenvalue weighted by Crippen LogP contribution is -2.37. The van der Waals surface area contributed by atoms with Gasteiger partial charge in [0.15, 0.2) is 0 Å². The number of hydrogen-bond donors (Lipinski definition) is 1. The van der Waals surface area contributed by atoms with Gasteiger partial charge in [-0.25, -0.2) is 4.98 Å². The zero-order chi connectivity index (χ0) is 12.1. The molecule has 0 amide bonds. The minimum absolute atomic E-state index is 0.750. The van der Waals surface area contributed by atoms with Crippen molar-refractivity contribution in [1.82, 2.24) is 15.2 Å². The van der Waals surface area contributed by atoms with Gasteiger partial charge < -0.3 is 14.6 Å². The normalized spacial score (nSPS) is 21.9. The highest BCUT2D eigenvalue weighted by molar-refractivity contribution is 4.93. The summed E-state index contributed by atoms with van der Waals surface area (Å²) in [6.45, 7) is 6.35. The van der Waals surface area contributed by atoms with Gasteiger partial charge in [-0.3, -0.25) is 0 Å². The Morgan fingerprint density at radius 3 is 3.18 bits per heavy atom. The zero-order valence-electron chi connectivity index (χ0n) is 10.9. The van der Waals surface area contributed by atoms with Crippen LogP contribution in [0.4, 0.5) is 0 Å². The predicted octanol–water partition coefficient (Wildman–Crippen LogP) is 1.67. The van der Waals surface area contributed by atoms with E-state index in [1.54, 1.807) is 0 Å². The number of nitrogens with zero attached hydrogens (tertiary/aromatic N) is 2. The Kier molecular flexibility index (Phi) is 4.57. The lowest BCUT2D eigenvalue weighted by Gasteiger charge is -2.29. The Balaban J connectivity index is 1.68. The third-order valence-electron chi connectivity index (χ3n) is 3.38. The van der Waals surface area contributed by atoms with E-state index in [1.165, 1.54) is 25.9 Å². The molecule has 1 aromatic heterocycles. The van der Waals surface area contributed by atoms with E-state index >= 15 is 0 Å². The Morgan fingerprint density at radius 1 is 1.59 bits per heavy atom. The molecule has 4 nitrogen and oxygen atoms in total. The summed E-state index contributed by atoms with van der Waals surface area (Å²) in [6, 6.07) is 0. The van der Waals surface area contributed by atoms with E-state index in [9.17, 15) is 0 Å². The fourth-order valence-corrected chi connectivity index (χ4v) is 2.42. The van der Waals surface area contributed by atoms with Gasteiger partial charge in [0.25, 0.3) is 0 Å². The van der Waals surface area contributed by atoms with Crippen molar-refractivity contribution in [1.29, 1.82) is 0 Å². The Hall–Kier alpha value is -0.870. The number of rotatable bonds is 5. The largest absolute Gasteiger partial charge is 0.444 e. The summed E-state index contributed by atoms with van der Waals surface area (Å²) in [5, 5.41) is 3.45. The molecule has 2 heterocycles. The molecule has 1 fully saturated rings. The smallest absolute Gasteiger partial charge is 0.208 e. The van der Waals surface area contributed by atoms with E-state index in [0.29, 0.717) is 0 Å². The van der Waals surface area contributed by atoms with Crippen LogP contribution in [0.25, 0.3) is 0 Å². The van der Waals surface area contributed by atoms with Gasteiger partial charge in [-0.2, -0.15) is 0 Å². The van der Waals surface area contributed by atoms with Crippen molar-refractivity contribution in [3.8, 4) is 0 Å². The van der Waals surface area contributed by atoms with Gasteiger partial charge in [0.2, 0.25) is 5.89 Å². The van der Waals surface area contributed by atoms with Gasteiger partial charge in [-0.05, 0) is 38.9 Å². The van der Waals surface area contributed by atoms with Crippen molar-refractivity contribution in [3.63, 3.8) is 0 Å². The van der Waals surface area contributed by atoms with Crippen molar-refractivity contribution >= 4 is 0 Å². The first-order valence-corrected chi connectivity index (χ1v) is 6.60. The molecule has 96 valence electrons. The molecule has 0 aliphatic carbocycles. The number of nitrogens with one attached hydrogen (secondary N) is 1. The summed E-state index contributed by atoms with van der Waals surface area (Å²) in [4.78, 5) is 6.66. The number of likely N-dealkylation sites (tertiary alicyclic amines) is 1. The maximum atomic E-state index is 5.56. The summed E-state index contributed by atoms with van der Waals surface area (Å²) in [6.07, 6.45) is 5.40. The van der Waals surface area contributed by atoms with Crippen molar-refractivity contribution < 1.29 is 4.42 Å². The third kappa shape index (κ3) is 3.82. The van der Waals surface area contributed by atoms with Crippen LogP contribution >= 0.6 is 0 Å². The quantitative estimate of drug-likeness (QED) is 0.846. The maximum absolute atomic E-state index is 5.56. The van der Waals surface area contributed by atoms with Crippen LogP contribution in [0.1, 0.15) is 31.4 Å². The number of aromatic nitrogens is 1. The van der Waals surface area contributed by atoms with Gasteiger partial charge in [0.05, 0.1) is 12.7 Å². The molecule has 17 heavy (non-hydrogen) atoms. The summed E-state index contributed by atoms with van der Waals surface area (Å²) >= 11 is 0. The van der Waals surface area contributed by atoms with Crippen LogP contribution in [0, 0.1) is 5.92 Å². The molecule has 1 aliphatic heterocycles. The SMILES string of the molecule is CCc1cnc(CNCC2CCCN(C)C2)o1. The highest BCUT2D eigenvalue weighted by Gasteiger charge is 2.16. The van der Waals surface area contributed by atoms with Crippen LogP contribution in [-0.2, 0) is 13.0 Å². The lowest BCUT2D eigenvalue weighted by atomic mass is 9.98. The highest BCUT2D eigenvalue weighted by Crippen LogP contribution is 2.14. The molecule has 1 atom stereocenters. The van der Waals surface area contributed by atoms with Crippen LogP contribution < -0.4 is 5.32 Å². The van der Waals surface area contributed by atoms with Crippen LogP contribution in [0.3, 0.4) is 0 Å². The average molecular weight is 237 g/mol. The molecule has 2 rings (SSSR count). The van der Waals surface area contributed by atoms with Crippen LogP contribution in [-0.4, -0.2) is 36.6 Å². The summed E-state index contributed by atoms with van der Waals surface area (Å²) in [5.41, 5.74) is 0. The van der Waals surface area contributed by atoms with Crippen LogP contribution in [0.5, 0.6) is 0 Å². The summed E-state index contributed by atoms with van der Waals surface area (Å²) < 4.78 is 5.56. The molecule has 1 saturated heterocycles. The molecule has 1 aliphatic rings. The molecular formula is C13H23N3O. The second kappa shape index (κ2) is 6.17. The Bertz CT molecular complexity index is 337. The Morgan fingerprint density at radius 2 is 2.47 bits per heavy atom. The molecular weight excluding hydrogens is 214 g/mol. The number of hydrogen-bond acceptors (Lipinski definition) is 4. The first kappa shape index (κ1) is 12.6. The van der Waals surface area contributed by atoms with Crippen LogP contribution in [0.2, 0.25) is 0 Å². The van der Waals surface area contributed by atoms with Crippen LogP contribution in [0.15, 0.2) is 10.6 Å². The third-order valence-corrected chi connectivity index (χ3v) is 3.38. The van der Waals surface area contributed by atoms with E-state index in [2.05, 4.69) is 29.2 Å². The molecule has 0 aromatic carbocycles.